The third-order valence-electron chi connectivity index (χ3n) is 5.90. The lowest BCUT2D eigenvalue weighted by molar-refractivity contribution is -0.116. The van der Waals surface area contributed by atoms with Crippen LogP contribution >= 0.6 is 0 Å². The predicted octanol–water partition coefficient (Wildman–Crippen LogP) is 7.52. The van der Waals surface area contributed by atoms with Crippen LogP contribution in [0, 0.1) is 0 Å². The fraction of sp³-hybridized carbons (Fsp3) is 0.323. The van der Waals surface area contributed by atoms with Crippen molar-refractivity contribution in [3.63, 3.8) is 0 Å². The Morgan fingerprint density at radius 3 is 1.72 bits per heavy atom. The summed E-state index contributed by atoms with van der Waals surface area (Å²) >= 11 is 0. The molecule has 1 aliphatic heterocycles. The average molecular weight is 488 g/mol. The number of carbonyl (C=O) groups is 1. The van der Waals surface area contributed by atoms with Crippen LogP contribution < -0.4 is 9.64 Å². The van der Waals surface area contributed by atoms with Gasteiger partial charge in [0.1, 0.15) is 5.75 Å². The number of unbranched alkanes of at least 4 members (excludes halogenated alkanes) is 1. The Kier molecular flexibility index (Phi) is 9.99. The minimum absolute atomic E-state index is 0.196. The molecular formula is C31H37NO4. The van der Waals surface area contributed by atoms with Gasteiger partial charge in [0, 0.05) is 18.8 Å². The molecular weight excluding hydrogens is 450 g/mol. The highest BCUT2D eigenvalue weighted by Crippen LogP contribution is 2.30. The zero-order valence-electron chi connectivity index (χ0n) is 22.0. The van der Waals surface area contributed by atoms with Crippen LogP contribution in [0.4, 0.5) is 5.69 Å². The third kappa shape index (κ3) is 6.91. The van der Waals surface area contributed by atoms with E-state index in [4.69, 9.17) is 14.2 Å². The van der Waals surface area contributed by atoms with Crippen molar-refractivity contribution in [3.05, 3.63) is 94.8 Å². The van der Waals surface area contributed by atoms with Crippen molar-refractivity contribution >= 4 is 23.6 Å². The van der Waals surface area contributed by atoms with Crippen molar-refractivity contribution in [2.75, 3.05) is 25.1 Å². The molecule has 36 heavy (non-hydrogen) atoms. The maximum absolute atomic E-state index is 13.5. The highest BCUT2D eigenvalue weighted by Gasteiger charge is 2.27. The molecule has 0 spiro atoms. The standard InChI is InChI=1S/C31H37NO4/c1-6-10-20-32(19-7-2)25-15-11-23(12-16-25)21-29-31(33)30(36-28(9-4)27(8-3)35-29)22-24-13-17-26(34-5)18-14-24/h8-9,11-18,21-22H,6-7,10,19-20H2,1-5H3. The summed E-state index contributed by atoms with van der Waals surface area (Å²) in [5.74, 6) is 1.83. The molecule has 1 heterocycles. The number of hydrogen-bond donors (Lipinski definition) is 0. The summed E-state index contributed by atoms with van der Waals surface area (Å²) in [6.45, 7) is 10.2. The van der Waals surface area contributed by atoms with Gasteiger partial charge in [-0.2, -0.15) is 0 Å². The molecule has 0 amide bonds. The number of allylic oxidation sites excluding steroid dienone is 2. The minimum atomic E-state index is -0.318. The van der Waals surface area contributed by atoms with Gasteiger partial charge in [-0.25, -0.2) is 0 Å². The van der Waals surface area contributed by atoms with E-state index in [1.165, 1.54) is 12.1 Å². The number of hydrogen-bond acceptors (Lipinski definition) is 5. The van der Waals surface area contributed by atoms with Crippen molar-refractivity contribution in [2.24, 2.45) is 0 Å². The van der Waals surface area contributed by atoms with Crippen LogP contribution in [0.25, 0.3) is 12.2 Å². The highest BCUT2D eigenvalue weighted by molar-refractivity contribution is 6.11. The zero-order valence-corrected chi connectivity index (χ0v) is 22.0. The first-order chi connectivity index (χ1) is 17.5. The van der Waals surface area contributed by atoms with Gasteiger partial charge in [0.2, 0.25) is 0 Å². The molecule has 1 saturated heterocycles. The number of methoxy groups -OCH3 is 1. The van der Waals surface area contributed by atoms with E-state index in [1.807, 2.05) is 50.2 Å². The number of nitrogens with zero attached hydrogens (tertiary/aromatic N) is 1. The molecule has 2 aromatic carbocycles. The lowest BCUT2D eigenvalue weighted by Crippen LogP contribution is -2.25. The molecule has 5 nitrogen and oxygen atoms in total. The van der Waals surface area contributed by atoms with Crippen molar-refractivity contribution in [1.29, 1.82) is 0 Å². The molecule has 0 bridgehead atoms. The van der Waals surface area contributed by atoms with Gasteiger partial charge in [-0.1, -0.05) is 44.5 Å². The highest BCUT2D eigenvalue weighted by atomic mass is 16.6. The maximum Gasteiger partial charge on any atom is 0.263 e. The molecule has 0 unspecified atom stereocenters. The predicted molar refractivity (Wildman–Crippen MR) is 147 cm³/mol. The van der Waals surface area contributed by atoms with Crippen LogP contribution in [0.1, 0.15) is 58.1 Å². The van der Waals surface area contributed by atoms with E-state index < -0.39 is 0 Å². The second-order valence-corrected chi connectivity index (χ2v) is 8.56. The van der Waals surface area contributed by atoms with Crippen molar-refractivity contribution in [3.8, 4) is 5.75 Å². The Morgan fingerprint density at radius 1 is 0.750 bits per heavy atom. The smallest absolute Gasteiger partial charge is 0.263 e. The number of ether oxygens (including phenoxy) is 3. The van der Waals surface area contributed by atoms with Gasteiger partial charge in [0.05, 0.1) is 7.11 Å². The van der Waals surface area contributed by atoms with Gasteiger partial charge in [-0.3, -0.25) is 4.79 Å². The summed E-state index contributed by atoms with van der Waals surface area (Å²) in [5, 5.41) is 0. The van der Waals surface area contributed by atoms with Crippen LogP contribution in [0.3, 0.4) is 0 Å². The summed E-state index contributed by atoms with van der Waals surface area (Å²) < 4.78 is 17.3. The summed E-state index contributed by atoms with van der Waals surface area (Å²) in [6, 6.07) is 15.7. The Balaban J connectivity index is 1.95. The summed E-state index contributed by atoms with van der Waals surface area (Å²) in [7, 11) is 1.62. The summed E-state index contributed by atoms with van der Waals surface area (Å²) in [4.78, 5) is 15.9. The summed E-state index contributed by atoms with van der Waals surface area (Å²) in [5.41, 5.74) is 2.90. The van der Waals surface area contributed by atoms with Crippen LogP contribution in [-0.4, -0.2) is 26.0 Å². The molecule has 0 aromatic heterocycles. The SMILES string of the molecule is CC=C1OC(=Cc2ccc(OC)cc2)C(=O)C(=Cc2ccc(N(CCC)CCCC)cc2)OC1=CC. The van der Waals surface area contributed by atoms with E-state index in [1.54, 1.807) is 31.4 Å². The minimum Gasteiger partial charge on any atom is -0.497 e. The monoisotopic (exact) mass is 487 g/mol. The van der Waals surface area contributed by atoms with Gasteiger partial charge >= 0.3 is 0 Å². The summed E-state index contributed by atoms with van der Waals surface area (Å²) in [6.07, 6.45) is 10.5. The topological polar surface area (TPSA) is 48.0 Å². The van der Waals surface area contributed by atoms with Crippen molar-refractivity contribution in [2.45, 2.75) is 47.0 Å². The molecule has 190 valence electrons. The fourth-order valence-electron chi connectivity index (χ4n) is 3.92. The van der Waals surface area contributed by atoms with E-state index >= 15 is 0 Å². The van der Waals surface area contributed by atoms with E-state index in [-0.39, 0.29) is 17.3 Å². The molecule has 1 aliphatic rings. The Labute approximate surface area is 215 Å². The quantitative estimate of drug-likeness (QED) is 0.342. The fourth-order valence-corrected chi connectivity index (χ4v) is 3.92. The first kappa shape index (κ1) is 26.9. The van der Waals surface area contributed by atoms with E-state index in [0.29, 0.717) is 11.5 Å². The van der Waals surface area contributed by atoms with Gasteiger partial charge in [-0.05, 0) is 86.4 Å². The molecule has 0 N–H and O–H groups in total. The first-order valence-electron chi connectivity index (χ1n) is 12.7. The Morgan fingerprint density at radius 2 is 1.28 bits per heavy atom. The molecule has 0 radical (unpaired) electrons. The van der Waals surface area contributed by atoms with Crippen LogP contribution in [0.5, 0.6) is 5.75 Å². The molecule has 5 heteroatoms. The number of rotatable bonds is 9. The lowest BCUT2D eigenvalue weighted by Gasteiger charge is -2.24. The second-order valence-electron chi connectivity index (χ2n) is 8.56. The number of ketones is 1. The Bertz CT molecular complexity index is 1140. The third-order valence-corrected chi connectivity index (χ3v) is 5.90. The maximum atomic E-state index is 13.5. The molecule has 2 aromatic rings. The lowest BCUT2D eigenvalue weighted by atomic mass is 10.1. The van der Waals surface area contributed by atoms with Gasteiger partial charge in [0.15, 0.2) is 23.0 Å². The number of carbonyl (C=O) groups excluding carboxylic acids is 1. The molecule has 0 atom stereocenters. The van der Waals surface area contributed by atoms with Crippen molar-refractivity contribution in [1.82, 2.24) is 0 Å². The Hall–Kier alpha value is -3.73. The molecule has 0 saturated carbocycles. The van der Waals surface area contributed by atoms with Crippen LogP contribution in [0.15, 0.2) is 83.7 Å². The molecule has 3 rings (SSSR count). The number of benzene rings is 2. The normalized spacial score (nSPS) is 18.3. The van der Waals surface area contributed by atoms with Crippen LogP contribution in [0.2, 0.25) is 0 Å². The van der Waals surface area contributed by atoms with E-state index in [9.17, 15) is 4.79 Å². The van der Waals surface area contributed by atoms with Crippen molar-refractivity contribution < 1.29 is 19.0 Å². The van der Waals surface area contributed by atoms with Gasteiger partial charge in [0.25, 0.3) is 5.78 Å². The molecule has 1 fully saturated rings. The van der Waals surface area contributed by atoms with Crippen LogP contribution in [-0.2, 0) is 14.3 Å². The average Bonchev–Trinajstić information content (AvgIpc) is 3.03. The number of Topliss-reactive ketones (excluding diaryl/α,β-unsaturated/α-hetero) is 1. The zero-order chi connectivity index (χ0) is 25.9. The van der Waals surface area contributed by atoms with Gasteiger partial charge in [-0.15, -0.1) is 0 Å². The number of anilines is 1. The van der Waals surface area contributed by atoms with E-state index in [2.05, 4.69) is 30.9 Å². The molecule has 0 aliphatic carbocycles. The first-order valence-corrected chi connectivity index (χ1v) is 12.7. The second kappa shape index (κ2) is 13.4. The largest absolute Gasteiger partial charge is 0.497 e. The van der Waals surface area contributed by atoms with Gasteiger partial charge < -0.3 is 19.1 Å². The van der Waals surface area contributed by atoms with E-state index in [0.717, 1.165) is 42.8 Å².